The number of benzene rings is 1. The first-order valence-corrected chi connectivity index (χ1v) is 7.43. The van der Waals surface area contributed by atoms with Gasteiger partial charge in [0.2, 0.25) is 0 Å². The van der Waals surface area contributed by atoms with Crippen molar-refractivity contribution in [1.82, 2.24) is 0 Å². The van der Waals surface area contributed by atoms with Gasteiger partial charge in [-0.05, 0) is 22.0 Å². The lowest BCUT2D eigenvalue weighted by molar-refractivity contribution is 0.596. The van der Waals surface area contributed by atoms with Crippen molar-refractivity contribution < 1.29 is 13.0 Å². The molecule has 0 aliphatic carbocycles. The minimum Gasteiger partial charge on any atom is -0.249 e. The minimum atomic E-state index is -2.47. The molecule has 0 saturated carbocycles. The molecule has 6 heteroatoms. The summed E-state index contributed by atoms with van der Waals surface area (Å²) >= 11 is 2.87. The van der Waals surface area contributed by atoms with Crippen LogP contribution in [0.2, 0.25) is 0 Å². The summed E-state index contributed by atoms with van der Waals surface area (Å²) < 4.78 is 42.4. The third-order valence-corrected chi connectivity index (χ3v) is 5.10. The van der Waals surface area contributed by atoms with Crippen LogP contribution in [0.15, 0.2) is 21.0 Å². The summed E-state index contributed by atoms with van der Waals surface area (Å²) in [5.74, 6) is -0.654. The molecule has 1 aromatic carbocycles. The molecule has 0 bridgehead atoms. The molecule has 2 nitrogen and oxygen atoms in total. The fourth-order valence-electron chi connectivity index (χ4n) is 1.09. The highest BCUT2D eigenvalue weighted by atomic mass is 79.9. The highest BCUT2D eigenvalue weighted by Crippen LogP contribution is 2.26. The molecule has 0 aliphatic heterocycles. The molecule has 0 saturated heterocycles. The second-order valence-corrected chi connectivity index (χ2v) is 6.90. The number of halogens is 3. The molecule has 0 unspecified atom stereocenters. The van der Waals surface area contributed by atoms with Crippen molar-refractivity contribution in [1.29, 1.82) is 0 Å². The van der Waals surface area contributed by atoms with E-state index in [2.05, 4.69) is 20.3 Å². The van der Waals surface area contributed by atoms with Crippen molar-refractivity contribution in [3.63, 3.8) is 0 Å². The van der Waals surface area contributed by atoms with Gasteiger partial charge in [-0.15, -0.1) is 0 Å². The van der Waals surface area contributed by atoms with Crippen LogP contribution in [-0.2, 0) is 9.73 Å². The van der Waals surface area contributed by atoms with Gasteiger partial charge in [0.25, 0.3) is 0 Å². The third kappa shape index (κ3) is 3.01. The molecule has 0 spiro atoms. The summed E-state index contributed by atoms with van der Waals surface area (Å²) in [6.07, 6.45) is 0. The Morgan fingerprint density at radius 1 is 1.25 bits per heavy atom. The van der Waals surface area contributed by atoms with Gasteiger partial charge in [0.05, 0.1) is 14.2 Å². The topological polar surface area (TPSA) is 29.4 Å². The first kappa shape index (κ1) is 13.6. The Morgan fingerprint density at radius 2 is 1.81 bits per heavy atom. The lowest BCUT2D eigenvalue weighted by Crippen LogP contribution is -2.05. The Labute approximate surface area is 102 Å². The molecule has 0 N–H and O–H groups in total. The van der Waals surface area contributed by atoms with E-state index in [9.17, 15) is 13.0 Å². The maximum atomic E-state index is 13.4. The first-order valence-electron chi connectivity index (χ1n) is 4.79. The van der Waals surface area contributed by atoms with Crippen molar-refractivity contribution in [2.45, 2.75) is 13.8 Å². The van der Waals surface area contributed by atoms with Crippen LogP contribution in [0.1, 0.15) is 13.8 Å². The average molecular weight is 312 g/mol. The van der Waals surface area contributed by atoms with Crippen LogP contribution in [0, 0.1) is 11.6 Å². The number of hydrogen-bond donors (Lipinski definition) is 0. The zero-order chi connectivity index (χ0) is 12.3. The van der Waals surface area contributed by atoms with Crippen molar-refractivity contribution >= 4 is 31.3 Å². The van der Waals surface area contributed by atoms with E-state index in [0.29, 0.717) is 11.5 Å². The lowest BCUT2D eigenvalue weighted by atomic mass is 10.3. The zero-order valence-electron chi connectivity index (χ0n) is 8.97. The van der Waals surface area contributed by atoms with Gasteiger partial charge in [-0.1, -0.05) is 13.8 Å². The Balaban J connectivity index is 3.36. The first-order chi connectivity index (χ1) is 7.41. The van der Waals surface area contributed by atoms with Gasteiger partial charge in [-0.25, -0.2) is 13.0 Å². The molecule has 0 heterocycles. The Hall–Kier alpha value is -0.490. The van der Waals surface area contributed by atoms with E-state index in [1.807, 2.05) is 0 Å². The summed E-state index contributed by atoms with van der Waals surface area (Å²) in [5.41, 5.74) is -0.186. The zero-order valence-corrected chi connectivity index (χ0v) is 11.4. The molecule has 1 aromatic rings. The average Bonchev–Trinajstić information content (AvgIpc) is 2.25. The highest BCUT2D eigenvalue weighted by molar-refractivity contribution is 9.10. The molecule has 0 amide bonds. The summed E-state index contributed by atoms with van der Waals surface area (Å²) in [4.78, 5) is 0. The molecule has 0 aliphatic rings. The largest absolute Gasteiger partial charge is 0.249 e. The molecule has 0 aromatic heterocycles. The van der Waals surface area contributed by atoms with Gasteiger partial charge in [-0.2, -0.15) is 4.36 Å². The van der Waals surface area contributed by atoms with E-state index in [1.165, 1.54) is 0 Å². The molecule has 90 valence electrons. The maximum Gasteiger partial charge on any atom is 0.150 e. The molecule has 1 rings (SSSR count). The second kappa shape index (κ2) is 5.23. The van der Waals surface area contributed by atoms with Crippen molar-refractivity contribution in [2.24, 2.45) is 4.36 Å². The number of rotatable bonds is 3. The van der Waals surface area contributed by atoms with E-state index < -0.39 is 21.4 Å². The smallest absolute Gasteiger partial charge is 0.150 e. The van der Waals surface area contributed by atoms with Crippen LogP contribution in [0.25, 0.3) is 0 Å². The van der Waals surface area contributed by atoms with Crippen LogP contribution < -0.4 is 0 Å². The third-order valence-electron chi connectivity index (χ3n) is 2.16. The molecular weight excluding hydrogens is 300 g/mol. The van der Waals surface area contributed by atoms with Crippen LogP contribution in [0.5, 0.6) is 0 Å². The predicted molar refractivity (Wildman–Crippen MR) is 65.4 cm³/mol. The highest BCUT2D eigenvalue weighted by Gasteiger charge is 2.10. The Morgan fingerprint density at radius 3 is 2.31 bits per heavy atom. The van der Waals surface area contributed by atoms with Crippen molar-refractivity contribution in [3.05, 3.63) is 28.2 Å². The molecule has 16 heavy (non-hydrogen) atoms. The monoisotopic (exact) mass is 311 g/mol. The van der Waals surface area contributed by atoms with Crippen molar-refractivity contribution in [2.75, 3.05) is 11.5 Å². The Bertz CT molecular complexity index is 500. The van der Waals surface area contributed by atoms with Gasteiger partial charge in [-0.3, -0.25) is 0 Å². The Kier molecular flexibility index (Phi) is 4.43. The maximum absolute atomic E-state index is 13.4. The normalized spacial score (nSPS) is 11.6. The van der Waals surface area contributed by atoms with E-state index in [1.54, 1.807) is 13.8 Å². The minimum absolute atomic E-state index is 0.0310. The van der Waals surface area contributed by atoms with E-state index in [0.717, 1.165) is 12.1 Å². The van der Waals surface area contributed by atoms with Gasteiger partial charge in [0.15, 0.2) is 5.82 Å². The molecular formula is C10H12BrF2NOS. The molecule has 0 radical (unpaired) electrons. The predicted octanol–water partition coefficient (Wildman–Crippen LogP) is 3.87. The van der Waals surface area contributed by atoms with Gasteiger partial charge in [0, 0.05) is 17.6 Å². The standard InChI is InChI=1S/C10H12BrF2NOS/c1-3-16(15,4-2)14-10-6-8(12)7(11)5-9(10)13/h5-6H,3-4H2,1-2H3. The summed E-state index contributed by atoms with van der Waals surface area (Å²) in [5, 5.41) is 0. The van der Waals surface area contributed by atoms with E-state index in [-0.39, 0.29) is 10.2 Å². The van der Waals surface area contributed by atoms with Crippen LogP contribution >= 0.6 is 15.9 Å². The van der Waals surface area contributed by atoms with Gasteiger partial charge >= 0.3 is 0 Å². The lowest BCUT2D eigenvalue weighted by Gasteiger charge is -2.05. The van der Waals surface area contributed by atoms with Gasteiger partial charge < -0.3 is 0 Å². The van der Waals surface area contributed by atoms with E-state index >= 15 is 0 Å². The quantitative estimate of drug-likeness (QED) is 0.779. The summed E-state index contributed by atoms with van der Waals surface area (Å²) in [6.45, 7) is 3.42. The van der Waals surface area contributed by atoms with E-state index in [4.69, 9.17) is 0 Å². The SMILES string of the molecule is CCS(=O)(CC)=Nc1cc(F)c(Br)cc1F. The van der Waals surface area contributed by atoms with Crippen molar-refractivity contribution in [3.8, 4) is 0 Å². The molecule has 0 atom stereocenters. The second-order valence-electron chi connectivity index (χ2n) is 3.16. The number of nitrogens with zero attached hydrogens (tertiary/aromatic N) is 1. The summed E-state index contributed by atoms with van der Waals surface area (Å²) in [6, 6.07) is 1.93. The van der Waals surface area contributed by atoms with Crippen LogP contribution in [0.3, 0.4) is 0 Å². The summed E-state index contributed by atoms with van der Waals surface area (Å²) in [7, 11) is -2.47. The fraction of sp³-hybridized carbons (Fsp3) is 0.400. The van der Waals surface area contributed by atoms with Gasteiger partial charge in [0.1, 0.15) is 11.5 Å². The van der Waals surface area contributed by atoms with Crippen LogP contribution in [-0.4, -0.2) is 15.7 Å². The van der Waals surface area contributed by atoms with Crippen LogP contribution in [0.4, 0.5) is 14.5 Å². The number of hydrogen-bond acceptors (Lipinski definition) is 2. The molecule has 0 fully saturated rings. The fourth-order valence-corrected chi connectivity index (χ4v) is 2.57.